The fourth-order valence-corrected chi connectivity index (χ4v) is 3.60. The lowest BCUT2D eigenvalue weighted by molar-refractivity contribution is 0.187. The highest BCUT2D eigenvalue weighted by Crippen LogP contribution is 2.25. The molecular formula is C22H25ClN2. The number of benzene rings is 2. The molecule has 1 aliphatic heterocycles. The smallest absolute Gasteiger partial charge is 0.0438 e. The van der Waals surface area contributed by atoms with E-state index in [1.165, 1.54) is 18.4 Å². The van der Waals surface area contributed by atoms with Crippen LogP contribution in [0.3, 0.4) is 0 Å². The van der Waals surface area contributed by atoms with Crippen molar-refractivity contribution in [3.8, 4) is 11.8 Å². The third-order valence-electron chi connectivity index (χ3n) is 4.85. The minimum Gasteiger partial charge on any atom is -0.399 e. The van der Waals surface area contributed by atoms with E-state index in [9.17, 15) is 0 Å². The summed E-state index contributed by atoms with van der Waals surface area (Å²) in [6.07, 6.45) is 4.49. The molecule has 0 atom stereocenters. The molecule has 1 aliphatic rings. The van der Waals surface area contributed by atoms with Gasteiger partial charge in [-0.3, -0.25) is 0 Å². The molecule has 25 heavy (non-hydrogen) atoms. The average molecular weight is 353 g/mol. The Morgan fingerprint density at radius 3 is 2.64 bits per heavy atom. The second kappa shape index (κ2) is 8.94. The summed E-state index contributed by atoms with van der Waals surface area (Å²) in [4.78, 5) is 2.52. The van der Waals surface area contributed by atoms with Crippen LogP contribution in [0.2, 0.25) is 5.02 Å². The largest absolute Gasteiger partial charge is 0.399 e. The number of piperidine rings is 1. The molecule has 2 aromatic rings. The molecule has 2 aromatic carbocycles. The number of halogens is 1. The number of rotatable bonds is 4. The number of nitrogens with two attached hydrogens (primary N) is 1. The molecule has 1 heterocycles. The zero-order chi connectivity index (χ0) is 17.5. The lowest BCUT2D eigenvalue weighted by Gasteiger charge is -2.31. The van der Waals surface area contributed by atoms with Crippen LogP contribution in [0.4, 0.5) is 5.69 Å². The molecule has 3 heteroatoms. The highest BCUT2D eigenvalue weighted by molar-refractivity contribution is 6.31. The van der Waals surface area contributed by atoms with Crippen LogP contribution < -0.4 is 5.73 Å². The van der Waals surface area contributed by atoms with Crippen LogP contribution in [0.1, 0.15) is 30.4 Å². The molecule has 0 saturated carbocycles. The minimum absolute atomic E-state index is 0.745. The summed E-state index contributed by atoms with van der Waals surface area (Å²) in [5.41, 5.74) is 8.83. The maximum atomic E-state index is 6.28. The Morgan fingerprint density at radius 2 is 1.88 bits per heavy atom. The first-order valence-corrected chi connectivity index (χ1v) is 9.38. The maximum Gasteiger partial charge on any atom is 0.0438 e. The van der Waals surface area contributed by atoms with Crippen molar-refractivity contribution < 1.29 is 0 Å². The molecule has 0 amide bonds. The Labute approximate surface area is 156 Å². The van der Waals surface area contributed by atoms with Gasteiger partial charge in [0.1, 0.15) is 0 Å². The van der Waals surface area contributed by atoms with E-state index in [-0.39, 0.29) is 0 Å². The molecule has 2 N–H and O–H groups in total. The van der Waals surface area contributed by atoms with Crippen LogP contribution >= 0.6 is 11.6 Å². The first kappa shape index (κ1) is 17.9. The average Bonchev–Trinajstić information content (AvgIpc) is 2.62. The third kappa shape index (κ3) is 5.53. The van der Waals surface area contributed by atoms with Gasteiger partial charge in [0.25, 0.3) is 0 Å². The van der Waals surface area contributed by atoms with Crippen molar-refractivity contribution in [1.29, 1.82) is 0 Å². The topological polar surface area (TPSA) is 29.3 Å². The molecule has 3 rings (SSSR count). The fourth-order valence-electron chi connectivity index (χ4n) is 3.38. The highest BCUT2D eigenvalue weighted by Gasteiger charge is 2.19. The van der Waals surface area contributed by atoms with Gasteiger partial charge in [-0.2, -0.15) is 0 Å². The van der Waals surface area contributed by atoms with Crippen LogP contribution in [0, 0.1) is 17.8 Å². The Morgan fingerprint density at radius 1 is 1.08 bits per heavy atom. The molecule has 130 valence electrons. The first-order chi connectivity index (χ1) is 12.2. The van der Waals surface area contributed by atoms with Gasteiger partial charge >= 0.3 is 0 Å². The molecule has 0 aliphatic carbocycles. The number of hydrogen-bond donors (Lipinski definition) is 1. The summed E-state index contributed by atoms with van der Waals surface area (Å²) in [6.45, 7) is 3.37. The Bertz CT molecular complexity index is 752. The van der Waals surface area contributed by atoms with E-state index >= 15 is 0 Å². The van der Waals surface area contributed by atoms with Crippen molar-refractivity contribution in [2.24, 2.45) is 5.92 Å². The summed E-state index contributed by atoms with van der Waals surface area (Å²) in [5, 5.41) is 0.904. The Hall–Kier alpha value is -1.95. The van der Waals surface area contributed by atoms with Crippen LogP contribution in [0.15, 0.2) is 48.5 Å². The van der Waals surface area contributed by atoms with E-state index in [0.717, 1.165) is 54.7 Å². The molecule has 0 spiro atoms. The molecule has 0 bridgehead atoms. The van der Waals surface area contributed by atoms with Crippen LogP contribution in [0.5, 0.6) is 0 Å². The Balaban J connectivity index is 1.40. The van der Waals surface area contributed by atoms with E-state index in [1.807, 2.05) is 36.4 Å². The molecule has 0 unspecified atom stereocenters. The van der Waals surface area contributed by atoms with Gasteiger partial charge in [-0.05, 0) is 68.1 Å². The molecular weight excluding hydrogens is 328 g/mol. The number of nitrogen functional groups attached to an aromatic ring is 1. The molecule has 0 radical (unpaired) electrons. The van der Waals surface area contributed by atoms with Gasteiger partial charge in [0, 0.05) is 29.2 Å². The highest BCUT2D eigenvalue weighted by atomic mass is 35.5. The van der Waals surface area contributed by atoms with Crippen LogP contribution in [-0.4, -0.2) is 24.5 Å². The van der Waals surface area contributed by atoms with Gasteiger partial charge in [-0.1, -0.05) is 47.7 Å². The molecule has 0 aromatic heterocycles. The molecule has 1 saturated heterocycles. The van der Waals surface area contributed by atoms with Gasteiger partial charge in [-0.25, -0.2) is 0 Å². The fraction of sp³-hybridized carbons (Fsp3) is 0.364. The standard InChI is InChI=1S/C22H25ClN2/c23-22-10-2-1-8-20(22)16-19-11-14-25(15-12-19)13-4-3-6-18-7-5-9-21(24)17-18/h1-2,5,7-10,17,19H,4,11-16,24H2. The second-order valence-corrected chi connectivity index (χ2v) is 7.16. The maximum absolute atomic E-state index is 6.28. The summed E-state index contributed by atoms with van der Waals surface area (Å²) in [5.74, 6) is 7.22. The molecule has 1 fully saturated rings. The van der Waals surface area contributed by atoms with Crippen molar-refractivity contribution in [2.45, 2.75) is 25.7 Å². The zero-order valence-corrected chi connectivity index (χ0v) is 15.3. The zero-order valence-electron chi connectivity index (χ0n) is 14.5. The van der Waals surface area contributed by atoms with Gasteiger partial charge in [0.15, 0.2) is 0 Å². The van der Waals surface area contributed by atoms with Gasteiger partial charge in [-0.15, -0.1) is 0 Å². The van der Waals surface area contributed by atoms with Crippen molar-refractivity contribution in [3.05, 3.63) is 64.7 Å². The summed E-state index contributed by atoms with van der Waals surface area (Å²) in [7, 11) is 0. The number of nitrogens with zero attached hydrogens (tertiary/aromatic N) is 1. The predicted octanol–water partition coefficient (Wildman–Crippen LogP) is 4.62. The number of anilines is 1. The van der Waals surface area contributed by atoms with E-state index in [0.29, 0.717) is 0 Å². The van der Waals surface area contributed by atoms with E-state index in [1.54, 1.807) is 0 Å². The number of hydrogen-bond acceptors (Lipinski definition) is 2. The SMILES string of the molecule is Nc1cccc(C#CCCN2CCC(Cc3ccccc3Cl)CC2)c1. The summed E-state index contributed by atoms with van der Waals surface area (Å²) >= 11 is 6.28. The van der Waals surface area contributed by atoms with Crippen LogP contribution in [-0.2, 0) is 6.42 Å². The van der Waals surface area contributed by atoms with E-state index in [4.69, 9.17) is 17.3 Å². The van der Waals surface area contributed by atoms with E-state index in [2.05, 4.69) is 28.9 Å². The van der Waals surface area contributed by atoms with E-state index < -0.39 is 0 Å². The summed E-state index contributed by atoms with van der Waals surface area (Å²) in [6, 6.07) is 16.0. The monoisotopic (exact) mass is 352 g/mol. The summed E-state index contributed by atoms with van der Waals surface area (Å²) < 4.78 is 0. The quantitative estimate of drug-likeness (QED) is 0.642. The first-order valence-electron chi connectivity index (χ1n) is 9.01. The van der Waals surface area contributed by atoms with Crippen molar-refractivity contribution in [3.63, 3.8) is 0 Å². The predicted molar refractivity (Wildman–Crippen MR) is 107 cm³/mol. The Kier molecular flexibility index (Phi) is 6.39. The molecule has 2 nitrogen and oxygen atoms in total. The minimum atomic E-state index is 0.745. The van der Waals surface area contributed by atoms with Gasteiger partial charge < -0.3 is 10.6 Å². The van der Waals surface area contributed by atoms with Crippen molar-refractivity contribution in [2.75, 3.05) is 25.4 Å². The van der Waals surface area contributed by atoms with Crippen molar-refractivity contribution in [1.82, 2.24) is 4.90 Å². The van der Waals surface area contributed by atoms with Gasteiger partial charge in [0.2, 0.25) is 0 Å². The number of likely N-dealkylation sites (tertiary alicyclic amines) is 1. The third-order valence-corrected chi connectivity index (χ3v) is 5.21. The second-order valence-electron chi connectivity index (χ2n) is 6.76. The van der Waals surface area contributed by atoms with Gasteiger partial charge in [0.05, 0.1) is 0 Å². The van der Waals surface area contributed by atoms with Crippen molar-refractivity contribution >= 4 is 17.3 Å². The van der Waals surface area contributed by atoms with Crippen LogP contribution in [0.25, 0.3) is 0 Å². The normalized spacial score (nSPS) is 15.6. The lowest BCUT2D eigenvalue weighted by atomic mass is 9.90. The lowest BCUT2D eigenvalue weighted by Crippen LogP contribution is -2.34.